The van der Waals surface area contributed by atoms with E-state index < -0.39 is 0 Å². The summed E-state index contributed by atoms with van der Waals surface area (Å²) in [4.78, 5) is 24.2. The molecule has 1 amide bonds. The molecular weight excluding hydrogens is 474 g/mol. The number of hydrogen-bond acceptors (Lipinski definition) is 6. The lowest BCUT2D eigenvalue weighted by Crippen LogP contribution is -2.38. The molecule has 0 radical (unpaired) electrons. The number of carbonyl (C=O) groups excluding carboxylic acids is 1. The number of aromatic nitrogens is 1. The van der Waals surface area contributed by atoms with Crippen molar-refractivity contribution < 1.29 is 9.53 Å². The molecule has 4 rings (SSSR count). The highest BCUT2D eigenvalue weighted by Crippen LogP contribution is 2.27. The number of amides is 1. The average Bonchev–Trinajstić information content (AvgIpc) is 3.05. The van der Waals surface area contributed by atoms with E-state index in [0.29, 0.717) is 26.1 Å². The zero-order valence-corrected chi connectivity index (χ0v) is 22.2. The zero-order chi connectivity index (χ0) is 25.5. The fourth-order valence-electron chi connectivity index (χ4n) is 4.50. The summed E-state index contributed by atoms with van der Waals surface area (Å²) in [6.45, 7) is 5.26. The Kier molecular flexibility index (Phi) is 9.02. The van der Waals surface area contributed by atoms with Gasteiger partial charge in [0.15, 0.2) is 0 Å². The second-order valence-corrected chi connectivity index (χ2v) is 9.94. The molecule has 0 bridgehead atoms. The van der Waals surface area contributed by atoms with E-state index in [-0.39, 0.29) is 5.91 Å². The van der Waals surface area contributed by atoms with Crippen LogP contribution in [0.5, 0.6) is 5.75 Å². The summed E-state index contributed by atoms with van der Waals surface area (Å²) in [6, 6.07) is 16.2. The third kappa shape index (κ3) is 6.87. The Bertz CT molecular complexity index is 1190. The first-order valence-corrected chi connectivity index (χ1v) is 12.9. The van der Waals surface area contributed by atoms with Crippen molar-refractivity contribution in [1.29, 1.82) is 0 Å². The highest BCUT2D eigenvalue weighted by molar-refractivity contribution is 6.30. The molecule has 3 aromatic rings. The number of methoxy groups -OCH3 is 1. The van der Waals surface area contributed by atoms with Gasteiger partial charge in [-0.2, -0.15) is 0 Å². The monoisotopic (exact) mass is 509 g/mol. The molecule has 1 aliphatic heterocycles. The van der Waals surface area contributed by atoms with E-state index in [1.54, 1.807) is 7.11 Å². The smallest absolute Gasteiger partial charge is 0.224 e. The van der Waals surface area contributed by atoms with Gasteiger partial charge in [-0.05, 0) is 63.0 Å². The van der Waals surface area contributed by atoms with E-state index in [0.717, 1.165) is 65.7 Å². The molecule has 1 fully saturated rings. The number of fused-ring (bicyclic) bond motifs is 1. The maximum absolute atomic E-state index is 12.8. The molecule has 1 aliphatic rings. The lowest BCUT2D eigenvalue weighted by Gasteiger charge is -2.26. The molecule has 7 nitrogen and oxygen atoms in total. The van der Waals surface area contributed by atoms with Crippen molar-refractivity contribution >= 4 is 34.2 Å². The van der Waals surface area contributed by atoms with Crippen molar-refractivity contribution in [1.82, 2.24) is 20.1 Å². The number of nitrogens with zero attached hydrogens (tertiary/aromatic N) is 4. The van der Waals surface area contributed by atoms with Crippen LogP contribution in [0.3, 0.4) is 0 Å². The van der Waals surface area contributed by atoms with E-state index in [1.165, 1.54) is 5.56 Å². The van der Waals surface area contributed by atoms with Crippen LogP contribution in [0.25, 0.3) is 10.9 Å². The molecule has 0 aliphatic carbocycles. The summed E-state index contributed by atoms with van der Waals surface area (Å²) in [6.07, 6.45) is 1.39. The SMILES string of the molecule is COc1ccc2cc(CNCCc3cccc(Cl)c3)c(N3CCC(=O)N(CCN(C)C)CC3)nc2c1. The topological polar surface area (TPSA) is 60.9 Å². The minimum atomic E-state index is 0.211. The molecular formula is C28H36ClN5O2. The van der Waals surface area contributed by atoms with Gasteiger partial charge >= 0.3 is 0 Å². The molecule has 2 aromatic carbocycles. The van der Waals surface area contributed by atoms with Crippen molar-refractivity contribution in [2.75, 3.05) is 65.4 Å². The van der Waals surface area contributed by atoms with E-state index in [4.69, 9.17) is 21.3 Å². The number of halogens is 1. The van der Waals surface area contributed by atoms with E-state index in [2.05, 4.69) is 33.3 Å². The van der Waals surface area contributed by atoms with Gasteiger partial charge in [-0.25, -0.2) is 4.98 Å². The van der Waals surface area contributed by atoms with Crippen LogP contribution in [0, 0.1) is 0 Å². The second-order valence-electron chi connectivity index (χ2n) is 9.51. The van der Waals surface area contributed by atoms with Crippen LogP contribution in [0.15, 0.2) is 48.5 Å². The number of likely N-dealkylation sites (N-methyl/N-ethyl adjacent to an activating group) is 1. The summed E-state index contributed by atoms with van der Waals surface area (Å²) in [5.41, 5.74) is 3.24. The Balaban J connectivity index is 1.53. The molecule has 1 aromatic heterocycles. The van der Waals surface area contributed by atoms with Gasteiger partial charge < -0.3 is 24.8 Å². The van der Waals surface area contributed by atoms with Crippen molar-refractivity contribution in [3.8, 4) is 5.75 Å². The number of ether oxygens (including phenoxy) is 1. The van der Waals surface area contributed by atoms with Gasteiger partial charge in [-0.15, -0.1) is 0 Å². The van der Waals surface area contributed by atoms with E-state index in [9.17, 15) is 4.79 Å². The van der Waals surface area contributed by atoms with Crippen molar-refractivity contribution in [2.24, 2.45) is 0 Å². The molecule has 8 heteroatoms. The summed E-state index contributed by atoms with van der Waals surface area (Å²) in [7, 11) is 5.74. The van der Waals surface area contributed by atoms with Gasteiger partial charge in [0.1, 0.15) is 11.6 Å². The molecule has 2 heterocycles. The second kappa shape index (κ2) is 12.4. The zero-order valence-electron chi connectivity index (χ0n) is 21.5. The molecule has 0 saturated carbocycles. The van der Waals surface area contributed by atoms with E-state index >= 15 is 0 Å². The average molecular weight is 510 g/mol. The van der Waals surface area contributed by atoms with Gasteiger partial charge in [0, 0.05) is 67.7 Å². The largest absolute Gasteiger partial charge is 0.497 e. The van der Waals surface area contributed by atoms with Crippen LogP contribution >= 0.6 is 11.6 Å². The Labute approximate surface area is 219 Å². The Morgan fingerprint density at radius 1 is 1.11 bits per heavy atom. The predicted octanol–water partition coefficient (Wildman–Crippen LogP) is 3.83. The number of pyridine rings is 1. The fraction of sp³-hybridized carbons (Fsp3) is 0.429. The molecule has 36 heavy (non-hydrogen) atoms. The van der Waals surface area contributed by atoms with Crippen LogP contribution in [0.2, 0.25) is 5.02 Å². The number of nitrogens with one attached hydrogen (secondary N) is 1. The minimum absolute atomic E-state index is 0.211. The number of carbonyl (C=O) groups is 1. The first kappa shape index (κ1) is 26.2. The van der Waals surface area contributed by atoms with Gasteiger partial charge in [-0.1, -0.05) is 23.7 Å². The fourth-order valence-corrected chi connectivity index (χ4v) is 4.71. The van der Waals surface area contributed by atoms with Gasteiger partial charge in [0.25, 0.3) is 0 Å². The van der Waals surface area contributed by atoms with Crippen LogP contribution in [0.4, 0.5) is 5.82 Å². The number of rotatable bonds is 10. The Morgan fingerprint density at radius 3 is 2.75 bits per heavy atom. The lowest BCUT2D eigenvalue weighted by atomic mass is 10.1. The van der Waals surface area contributed by atoms with Crippen LogP contribution < -0.4 is 15.0 Å². The molecule has 1 N–H and O–H groups in total. The first-order valence-electron chi connectivity index (χ1n) is 12.5. The van der Waals surface area contributed by atoms with Crippen molar-refractivity contribution in [3.05, 3.63) is 64.7 Å². The summed E-state index contributed by atoms with van der Waals surface area (Å²) in [5, 5.41) is 5.42. The third-order valence-corrected chi connectivity index (χ3v) is 6.82. The minimum Gasteiger partial charge on any atom is -0.497 e. The van der Waals surface area contributed by atoms with Crippen LogP contribution in [-0.4, -0.2) is 81.2 Å². The quantitative estimate of drug-likeness (QED) is 0.419. The van der Waals surface area contributed by atoms with Gasteiger partial charge in [-0.3, -0.25) is 4.79 Å². The highest BCUT2D eigenvalue weighted by Gasteiger charge is 2.23. The third-order valence-electron chi connectivity index (χ3n) is 6.58. The van der Waals surface area contributed by atoms with Crippen LogP contribution in [0.1, 0.15) is 17.5 Å². The van der Waals surface area contributed by atoms with Crippen LogP contribution in [-0.2, 0) is 17.8 Å². The Morgan fingerprint density at radius 2 is 1.97 bits per heavy atom. The molecule has 192 valence electrons. The molecule has 0 atom stereocenters. The maximum atomic E-state index is 12.8. The standard InChI is InChI=1S/C28H36ClN5O2/c1-32(2)13-14-33-15-16-34(12-10-27(33)35)28-23(18-22-7-8-25(36-3)19-26(22)31-28)20-30-11-9-21-5-4-6-24(29)17-21/h4-8,17-19,30H,9-16,20H2,1-3H3. The van der Waals surface area contributed by atoms with Crippen molar-refractivity contribution in [3.63, 3.8) is 0 Å². The number of anilines is 1. The molecule has 1 saturated heterocycles. The summed E-state index contributed by atoms with van der Waals surface area (Å²) in [5.74, 6) is 1.94. The van der Waals surface area contributed by atoms with Gasteiger partial charge in [0.05, 0.1) is 12.6 Å². The van der Waals surface area contributed by atoms with Crippen molar-refractivity contribution in [2.45, 2.75) is 19.4 Å². The highest BCUT2D eigenvalue weighted by atomic mass is 35.5. The molecule has 0 unspecified atom stereocenters. The summed E-state index contributed by atoms with van der Waals surface area (Å²) >= 11 is 6.13. The Hall–Kier alpha value is -2.87. The van der Waals surface area contributed by atoms with Gasteiger partial charge in [0.2, 0.25) is 5.91 Å². The maximum Gasteiger partial charge on any atom is 0.224 e. The lowest BCUT2D eigenvalue weighted by molar-refractivity contribution is -0.130. The number of hydrogen-bond donors (Lipinski definition) is 1. The summed E-state index contributed by atoms with van der Waals surface area (Å²) < 4.78 is 5.43. The molecule has 0 spiro atoms. The first-order chi connectivity index (χ1) is 17.4. The number of benzene rings is 2. The van der Waals surface area contributed by atoms with E-state index in [1.807, 2.05) is 49.3 Å². The normalized spacial score (nSPS) is 14.5. The predicted molar refractivity (Wildman–Crippen MR) is 147 cm³/mol.